The normalized spacial score (nSPS) is 12.1. The van der Waals surface area contributed by atoms with E-state index in [1.807, 2.05) is 0 Å². The van der Waals surface area contributed by atoms with Crippen LogP contribution in [0.2, 0.25) is 0 Å². The van der Waals surface area contributed by atoms with Crippen LogP contribution >= 0.6 is 0 Å². The summed E-state index contributed by atoms with van der Waals surface area (Å²) in [5.41, 5.74) is 6.34. The molecule has 0 aliphatic carbocycles. The van der Waals surface area contributed by atoms with Crippen molar-refractivity contribution in [2.75, 3.05) is 12.8 Å². The smallest absolute Gasteiger partial charge is 0.169 e. The first-order chi connectivity index (χ1) is 9.13. The van der Waals surface area contributed by atoms with E-state index in [1.54, 1.807) is 24.3 Å². The Labute approximate surface area is 112 Å². The van der Waals surface area contributed by atoms with Crippen molar-refractivity contribution in [3.05, 3.63) is 47.9 Å². The third kappa shape index (κ3) is 2.90. The van der Waals surface area contributed by atoms with Crippen molar-refractivity contribution >= 4 is 16.5 Å². The molecule has 6 heteroatoms. The summed E-state index contributed by atoms with van der Waals surface area (Å²) in [6.07, 6.45) is 1.51. The Morgan fingerprint density at radius 3 is 2.84 bits per heavy atom. The number of ether oxygens (including phenoxy) is 1. The molecule has 0 aliphatic rings. The second kappa shape index (κ2) is 5.79. The van der Waals surface area contributed by atoms with Crippen LogP contribution in [0.1, 0.15) is 5.56 Å². The van der Waals surface area contributed by atoms with E-state index in [9.17, 15) is 8.60 Å². The molecule has 2 rings (SSSR count). The van der Waals surface area contributed by atoms with Gasteiger partial charge in [0, 0.05) is 11.8 Å². The lowest BCUT2D eigenvalue weighted by molar-refractivity contribution is 0.385. The predicted molar refractivity (Wildman–Crippen MR) is 71.7 cm³/mol. The minimum Gasteiger partial charge on any atom is -0.494 e. The Bertz CT molecular complexity index is 619. The summed E-state index contributed by atoms with van der Waals surface area (Å²) in [7, 11) is -0.113. The summed E-state index contributed by atoms with van der Waals surface area (Å²) < 4.78 is 31.0. The Morgan fingerprint density at radius 2 is 2.16 bits per heavy atom. The van der Waals surface area contributed by atoms with Gasteiger partial charge in [0.05, 0.1) is 29.3 Å². The number of nitrogens with two attached hydrogens (primary N) is 1. The topological polar surface area (TPSA) is 65.2 Å². The van der Waals surface area contributed by atoms with Gasteiger partial charge in [0.25, 0.3) is 0 Å². The van der Waals surface area contributed by atoms with Crippen molar-refractivity contribution in [3.63, 3.8) is 0 Å². The van der Waals surface area contributed by atoms with Gasteiger partial charge >= 0.3 is 0 Å². The number of aromatic nitrogens is 1. The highest BCUT2D eigenvalue weighted by molar-refractivity contribution is 7.84. The van der Waals surface area contributed by atoms with Gasteiger partial charge in [-0.05, 0) is 18.2 Å². The van der Waals surface area contributed by atoms with Gasteiger partial charge in [-0.15, -0.1) is 0 Å². The minimum absolute atomic E-state index is 0.00421. The van der Waals surface area contributed by atoms with Crippen LogP contribution in [0.4, 0.5) is 10.1 Å². The number of halogens is 1. The molecule has 1 aromatic heterocycles. The molecule has 100 valence electrons. The Hall–Kier alpha value is -1.95. The molecule has 0 saturated heterocycles. The number of hydrogen-bond acceptors (Lipinski definition) is 4. The lowest BCUT2D eigenvalue weighted by atomic mass is 10.2. The second-order valence-electron chi connectivity index (χ2n) is 3.82. The Kier molecular flexibility index (Phi) is 4.11. The molecule has 0 bridgehead atoms. The molecule has 1 atom stereocenters. The summed E-state index contributed by atoms with van der Waals surface area (Å²) in [5.74, 6) is -0.374. The zero-order valence-corrected chi connectivity index (χ0v) is 11.1. The van der Waals surface area contributed by atoms with E-state index in [1.165, 1.54) is 19.4 Å². The highest BCUT2D eigenvalue weighted by Gasteiger charge is 2.14. The number of pyridine rings is 1. The molecule has 2 N–H and O–H groups in total. The van der Waals surface area contributed by atoms with E-state index in [0.717, 1.165) is 0 Å². The van der Waals surface area contributed by atoms with Crippen molar-refractivity contribution in [3.8, 4) is 5.75 Å². The molecule has 2 aromatic rings. The van der Waals surface area contributed by atoms with E-state index in [-0.39, 0.29) is 16.5 Å². The lowest BCUT2D eigenvalue weighted by Crippen LogP contribution is -2.05. The molecule has 1 aromatic carbocycles. The molecule has 19 heavy (non-hydrogen) atoms. The molecule has 0 radical (unpaired) electrons. The second-order valence-corrected chi connectivity index (χ2v) is 5.19. The van der Waals surface area contributed by atoms with Gasteiger partial charge in [-0.3, -0.25) is 4.21 Å². The van der Waals surface area contributed by atoms with Gasteiger partial charge < -0.3 is 10.5 Å². The fourth-order valence-electron chi connectivity index (χ4n) is 1.63. The summed E-state index contributed by atoms with van der Waals surface area (Å²) >= 11 is 0. The lowest BCUT2D eigenvalue weighted by Gasteiger charge is -2.08. The highest BCUT2D eigenvalue weighted by Crippen LogP contribution is 2.23. The maximum absolute atomic E-state index is 13.9. The van der Waals surface area contributed by atoms with E-state index in [0.29, 0.717) is 11.3 Å². The first kappa shape index (κ1) is 13.5. The van der Waals surface area contributed by atoms with Crippen LogP contribution in [0.3, 0.4) is 0 Å². The number of anilines is 1. The van der Waals surface area contributed by atoms with E-state index < -0.39 is 16.6 Å². The highest BCUT2D eigenvalue weighted by atomic mass is 32.2. The van der Waals surface area contributed by atoms with Crippen LogP contribution < -0.4 is 10.5 Å². The fraction of sp³-hybridized carbons (Fsp3) is 0.154. The minimum atomic E-state index is -1.50. The number of benzene rings is 1. The summed E-state index contributed by atoms with van der Waals surface area (Å²) in [6.45, 7) is 0. The zero-order valence-electron chi connectivity index (χ0n) is 10.3. The van der Waals surface area contributed by atoms with Gasteiger partial charge in [0.15, 0.2) is 11.6 Å². The monoisotopic (exact) mass is 280 g/mol. The Balaban J connectivity index is 2.27. The van der Waals surface area contributed by atoms with Crippen LogP contribution in [-0.2, 0) is 16.6 Å². The maximum atomic E-state index is 13.9. The van der Waals surface area contributed by atoms with Gasteiger partial charge in [0.1, 0.15) is 5.03 Å². The number of methoxy groups -OCH3 is 1. The van der Waals surface area contributed by atoms with Crippen LogP contribution in [0, 0.1) is 5.82 Å². The quantitative estimate of drug-likeness (QED) is 0.931. The average molecular weight is 280 g/mol. The first-order valence-corrected chi connectivity index (χ1v) is 6.85. The van der Waals surface area contributed by atoms with Gasteiger partial charge in [-0.25, -0.2) is 9.37 Å². The molecule has 0 aliphatic heterocycles. The maximum Gasteiger partial charge on any atom is 0.169 e. The largest absolute Gasteiger partial charge is 0.494 e. The van der Waals surface area contributed by atoms with Gasteiger partial charge in [-0.1, -0.05) is 12.1 Å². The molecule has 1 unspecified atom stereocenters. The molecule has 0 amide bonds. The third-order valence-corrected chi connectivity index (χ3v) is 3.91. The van der Waals surface area contributed by atoms with Crippen molar-refractivity contribution < 1.29 is 13.3 Å². The standard InChI is InChI=1S/C13H13FN2O2S/c1-18-11-6-2-4-9(12(11)14)8-19(17)13-10(15)5-3-7-16-13/h2-7H,8,15H2,1H3. The molecule has 0 fully saturated rings. The Morgan fingerprint density at radius 1 is 1.37 bits per heavy atom. The first-order valence-electron chi connectivity index (χ1n) is 5.53. The van der Waals surface area contributed by atoms with Crippen molar-refractivity contribution in [1.29, 1.82) is 0 Å². The SMILES string of the molecule is COc1cccc(CS(=O)c2ncccc2N)c1F. The van der Waals surface area contributed by atoms with Gasteiger partial charge in [0.2, 0.25) is 0 Å². The van der Waals surface area contributed by atoms with E-state index in [2.05, 4.69) is 4.98 Å². The summed E-state index contributed by atoms with van der Waals surface area (Å²) in [5, 5.41) is 0.268. The molecule has 0 saturated carbocycles. The molecule has 0 spiro atoms. The number of nitrogen functional groups attached to an aromatic ring is 1. The average Bonchev–Trinajstić information content (AvgIpc) is 2.41. The van der Waals surface area contributed by atoms with Crippen molar-refractivity contribution in [2.24, 2.45) is 0 Å². The van der Waals surface area contributed by atoms with Crippen LogP contribution in [0.5, 0.6) is 5.75 Å². The molecule has 4 nitrogen and oxygen atoms in total. The van der Waals surface area contributed by atoms with Crippen LogP contribution in [0.15, 0.2) is 41.6 Å². The third-order valence-electron chi connectivity index (χ3n) is 2.57. The van der Waals surface area contributed by atoms with Crippen LogP contribution in [-0.4, -0.2) is 16.3 Å². The molecular weight excluding hydrogens is 267 g/mol. The van der Waals surface area contributed by atoms with E-state index in [4.69, 9.17) is 10.5 Å². The number of rotatable bonds is 4. The van der Waals surface area contributed by atoms with Gasteiger partial charge in [-0.2, -0.15) is 0 Å². The van der Waals surface area contributed by atoms with E-state index >= 15 is 0 Å². The predicted octanol–water partition coefficient (Wildman–Crippen LogP) is 2.12. The van der Waals surface area contributed by atoms with Crippen LogP contribution in [0.25, 0.3) is 0 Å². The number of hydrogen-bond donors (Lipinski definition) is 1. The summed E-state index contributed by atoms with van der Waals surface area (Å²) in [4.78, 5) is 3.97. The zero-order chi connectivity index (χ0) is 13.8. The summed E-state index contributed by atoms with van der Waals surface area (Å²) in [6, 6.07) is 7.99. The molecule has 1 heterocycles. The molecular formula is C13H13FN2O2S. The number of nitrogens with zero attached hydrogens (tertiary/aromatic N) is 1. The van der Waals surface area contributed by atoms with Crippen molar-refractivity contribution in [1.82, 2.24) is 4.98 Å². The fourth-order valence-corrected chi connectivity index (χ4v) is 2.78. The van der Waals surface area contributed by atoms with Crippen molar-refractivity contribution in [2.45, 2.75) is 10.8 Å².